The Morgan fingerprint density at radius 3 is 2.11 bits per heavy atom. The van der Waals surface area contributed by atoms with Crippen LogP contribution in [0.2, 0.25) is 0 Å². The van der Waals surface area contributed by atoms with Gasteiger partial charge in [0.15, 0.2) is 5.79 Å². The quantitative estimate of drug-likeness (QED) is 0.457. The number of carboxylic acids is 1. The third kappa shape index (κ3) is 7.39. The maximum absolute atomic E-state index is 9.82. The predicted octanol–water partition coefficient (Wildman–Crippen LogP) is -0.448. The van der Waals surface area contributed by atoms with Crippen LogP contribution in [0, 0.1) is 0 Å². The molecule has 0 aliphatic carbocycles. The molecule has 0 rings (SSSR count). The molecule has 0 radical (unpaired) electrons. The molecule has 0 heterocycles. The molecule has 0 saturated carbocycles. The first-order chi connectivity index (χ1) is 3.92. The van der Waals surface area contributed by atoms with Gasteiger partial charge < -0.3 is 15.3 Å². The summed E-state index contributed by atoms with van der Waals surface area (Å²) in [4.78, 5) is 9.82. The molecule has 0 saturated heterocycles. The number of rotatable bonds is 3. The maximum atomic E-state index is 9.82. The summed E-state index contributed by atoms with van der Waals surface area (Å²) in [6.07, 6.45) is -0.355. The number of hydrogen-bond acceptors (Lipinski definition) is 3. The molecule has 0 aliphatic heterocycles. The molecule has 4 heteroatoms. The fourth-order valence-electron chi connectivity index (χ4n) is 0.344. The molecule has 4 nitrogen and oxygen atoms in total. The van der Waals surface area contributed by atoms with E-state index in [2.05, 4.69) is 0 Å². The minimum Gasteiger partial charge on any atom is -0.481 e. The fourth-order valence-corrected chi connectivity index (χ4v) is 0.344. The average molecular weight is 134 g/mol. The van der Waals surface area contributed by atoms with Crippen LogP contribution < -0.4 is 0 Å². The second-order valence-corrected chi connectivity index (χ2v) is 2.11. The number of hydrogen-bond donors (Lipinski definition) is 3. The van der Waals surface area contributed by atoms with Crippen LogP contribution in [0.15, 0.2) is 0 Å². The lowest BCUT2D eigenvalue weighted by atomic mass is 10.2. The smallest absolute Gasteiger partial charge is 0.303 e. The van der Waals surface area contributed by atoms with Crippen LogP contribution in [0.25, 0.3) is 0 Å². The largest absolute Gasteiger partial charge is 0.481 e. The van der Waals surface area contributed by atoms with Gasteiger partial charge in [-0.25, -0.2) is 0 Å². The fraction of sp³-hybridized carbons (Fsp3) is 0.800. The minimum absolute atomic E-state index is 0.137. The van der Waals surface area contributed by atoms with Crippen LogP contribution in [-0.4, -0.2) is 27.1 Å². The molecule has 0 amide bonds. The molecule has 0 aromatic carbocycles. The van der Waals surface area contributed by atoms with Crippen LogP contribution in [0.4, 0.5) is 0 Å². The highest BCUT2D eigenvalue weighted by Gasteiger charge is 2.15. The van der Waals surface area contributed by atoms with Crippen molar-refractivity contribution in [3.8, 4) is 0 Å². The molecule has 0 atom stereocenters. The predicted molar refractivity (Wildman–Crippen MR) is 29.7 cm³/mol. The van der Waals surface area contributed by atoms with Gasteiger partial charge in [-0.3, -0.25) is 4.79 Å². The van der Waals surface area contributed by atoms with Crippen LogP contribution >= 0.6 is 0 Å². The minimum atomic E-state index is -1.85. The van der Waals surface area contributed by atoms with Gasteiger partial charge >= 0.3 is 5.97 Å². The van der Waals surface area contributed by atoms with E-state index in [4.69, 9.17) is 15.3 Å². The molecule has 0 unspecified atom stereocenters. The lowest BCUT2D eigenvalue weighted by Gasteiger charge is -2.12. The van der Waals surface area contributed by atoms with Crippen LogP contribution in [0.5, 0.6) is 0 Å². The third-order valence-corrected chi connectivity index (χ3v) is 0.812. The van der Waals surface area contributed by atoms with Crippen molar-refractivity contribution in [1.29, 1.82) is 0 Å². The van der Waals surface area contributed by atoms with Crippen LogP contribution in [0.1, 0.15) is 19.8 Å². The van der Waals surface area contributed by atoms with E-state index in [1.165, 1.54) is 0 Å². The van der Waals surface area contributed by atoms with E-state index in [1.54, 1.807) is 0 Å². The molecule has 0 bridgehead atoms. The van der Waals surface area contributed by atoms with Crippen molar-refractivity contribution in [1.82, 2.24) is 0 Å². The Hall–Kier alpha value is -0.610. The summed E-state index contributed by atoms with van der Waals surface area (Å²) in [6, 6.07) is 0. The van der Waals surface area contributed by atoms with Crippen molar-refractivity contribution in [2.24, 2.45) is 0 Å². The zero-order valence-electron chi connectivity index (χ0n) is 5.16. The number of aliphatic carboxylic acids is 1. The summed E-state index contributed by atoms with van der Waals surface area (Å²) in [7, 11) is 0. The van der Waals surface area contributed by atoms with Gasteiger partial charge in [0.05, 0.1) is 6.42 Å². The van der Waals surface area contributed by atoms with Gasteiger partial charge in [-0.2, -0.15) is 0 Å². The molecule has 0 fully saturated rings. The molecule has 0 aromatic heterocycles. The Labute approximate surface area is 52.7 Å². The van der Waals surface area contributed by atoms with Crippen molar-refractivity contribution in [2.75, 3.05) is 0 Å². The summed E-state index contributed by atoms with van der Waals surface area (Å²) in [6.45, 7) is 1.15. The van der Waals surface area contributed by atoms with Gasteiger partial charge in [-0.15, -0.1) is 0 Å². The van der Waals surface area contributed by atoms with Crippen molar-refractivity contribution in [3.05, 3.63) is 0 Å². The number of carboxylic acid groups (broad SMARTS) is 1. The molecule has 0 aliphatic rings. The zero-order valence-corrected chi connectivity index (χ0v) is 5.16. The normalized spacial score (nSPS) is 11.4. The Bertz CT molecular complexity index is 102. The summed E-state index contributed by atoms with van der Waals surface area (Å²) < 4.78 is 0. The Kier molecular flexibility index (Phi) is 2.61. The van der Waals surface area contributed by atoms with Crippen molar-refractivity contribution < 1.29 is 20.1 Å². The third-order valence-electron chi connectivity index (χ3n) is 0.812. The first-order valence-electron chi connectivity index (χ1n) is 2.58. The molecule has 0 spiro atoms. The highest BCUT2D eigenvalue weighted by Crippen LogP contribution is 2.05. The molecule has 9 heavy (non-hydrogen) atoms. The van der Waals surface area contributed by atoms with E-state index in [-0.39, 0.29) is 12.8 Å². The first-order valence-corrected chi connectivity index (χ1v) is 2.58. The Morgan fingerprint density at radius 2 is 2.00 bits per heavy atom. The second kappa shape index (κ2) is 2.80. The summed E-state index contributed by atoms with van der Waals surface area (Å²) in [5.74, 6) is -2.87. The lowest BCUT2D eigenvalue weighted by molar-refractivity contribution is -0.160. The first kappa shape index (κ1) is 8.39. The molecule has 0 aromatic rings. The van der Waals surface area contributed by atoms with Gasteiger partial charge in [-0.05, 0) is 6.92 Å². The second-order valence-electron chi connectivity index (χ2n) is 2.11. The van der Waals surface area contributed by atoms with E-state index in [1.807, 2.05) is 0 Å². The maximum Gasteiger partial charge on any atom is 0.303 e. The van der Waals surface area contributed by atoms with Gasteiger partial charge in [0, 0.05) is 6.42 Å². The van der Waals surface area contributed by atoms with Crippen molar-refractivity contribution in [3.63, 3.8) is 0 Å². The van der Waals surface area contributed by atoms with E-state index >= 15 is 0 Å². The van der Waals surface area contributed by atoms with Crippen molar-refractivity contribution >= 4 is 5.97 Å². The van der Waals surface area contributed by atoms with Gasteiger partial charge in [0.25, 0.3) is 0 Å². The molecule has 3 N–H and O–H groups in total. The van der Waals surface area contributed by atoms with Crippen LogP contribution in [-0.2, 0) is 4.79 Å². The van der Waals surface area contributed by atoms with E-state index < -0.39 is 11.8 Å². The Balaban J connectivity index is 3.39. The summed E-state index contributed by atoms with van der Waals surface area (Å²) in [5, 5.41) is 25.2. The zero-order chi connectivity index (χ0) is 7.49. The highest BCUT2D eigenvalue weighted by molar-refractivity contribution is 5.66. The Morgan fingerprint density at radius 1 is 1.56 bits per heavy atom. The average Bonchev–Trinajstić information content (AvgIpc) is 1.59. The van der Waals surface area contributed by atoms with Gasteiger partial charge in [-0.1, -0.05) is 0 Å². The highest BCUT2D eigenvalue weighted by atomic mass is 16.5. The van der Waals surface area contributed by atoms with E-state index in [0.717, 1.165) is 6.92 Å². The lowest BCUT2D eigenvalue weighted by Crippen LogP contribution is -2.23. The molecular weight excluding hydrogens is 124 g/mol. The number of aliphatic hydroxyl groups is 2. The van der Waals surface area contributed by atoms with E-state index in [0.29, 0.717) is 0 Å². The molecular formula is C5H10O4. The van der Waals surface area contributed by atoms with Crippen LogP contribution in [0.3, 0.4) is 0 Å². The van der Waals surface area contributed by atoms with Gasteiger partial charge in [0.2, 0.25) is 0 Å². The standard InChI is InChI=1S/C5H10O4/c1-5(8,9)3-2-4(6)7/h8-9H,2-3H2,1H3,(H,6,7). The summed E-state index contributed by atoms with van der Waals surface area (Å²) >= 11 is 0. The summed E-state index contributed by atoms with van der Waals surface area (Å²) in [5.41, 5.74) is 0. The molecule has 54 valence electrons. The number of carbonyl (C=O) groups is 1. The monoisotopic (exact) mass is 134 g/mol. The van der Waals surface area contributed by atoms with Gasteiger partial charge in [0.1, 0.15) is 0 Å². The SMILES string of the molecule is CC(O)(O)CCC(=O)O. The topological polar surface area (TPSA) is 77.8 Å². The van der Waals surface area contributed by atoms with Crippen molar-refractivity contribution in [2.45, 2.75) is 25.6 Å². The van der Waals surface area contributed by atoms with E-state index in [9.17, 15) is 4.79 Å².